The first kappa shape index (κ1) is 14.8. The molecule has 0 amide bonds. The topological polar surface area (TPSA) is 51.5 Å². The maximum Gasteiger partial charge on any atom is 0.160 e. The molecule has 0 unspecified atom stereocenters. The minimum absolute atomic E-state index is 0.0389. The van der Waals surface area contributed by atoms with E-state index >= 15 is 0 Å². The van der Waals surface area contributed by atoms with Crippen LogP contribution in [0.4, 0.5) is 0 Å². The van der Waals surface area contributed by atoms with E-state index < -0.39 is 0 Å². The molecule has 4 nitrogen and oxygen atoms in total. The van der Waals surface area contributed by atoms with Gasteiger partial charge in [-0.25, -0.2) is 0 Å². The molecule has 0 bridgehead atoms. The van der Waals surface area contributed by atoms with Crippen molar-refractivity contribution in [2.24, 2.45) is 17.8 Å². The van der Waals surface area contributed by atoms with Crippen LogP contribution in [0.1, 0.15) is 39.0 Å². The van der Waals surface area contributed by atoms with E-state index in [1.54, 1.807) is 0 Å². The first-order valence-corrected chi connectivity index (χ1v) is 7.54. The lowest BCUT2D eigenvalue weighted by Gasteiger charge is -2.36. The Morgan fingerprint density at radius 3 is 2.42 bits per heavy atom. The Kier molecular flexibility index (Phi) is 6.09. The summed E-state index contributed by atoms with van der Waals surface area (Å²) in [6.45, 7) is 5.17. The van der Waals surface area contributed by atoms with Crippen molar-refractivity contribution in [3.8, 4) is 6.07 Å². The van der Waals surface area contributed by atoms with Crippen molar-refractivity contribution in [2.75, 3.05) is 26.4 Å². The molecule has 0 N–H and O–H groups in total. The second-order valence-electron chi connectivity index (χ2n) is 5.63. The van der Waals surface area contributed by atoms with Gasteiger partial charge in [-0.2, -0.15) is 5.26 Å². The minimum atomic E-state index is -0.0389. The van der Waals surface area contributed by atoms with Crippen molar-refractivity contribution < 1.29 is 14.2 Å². The van der Waals surface area contributed by atoms with E-state index in [-0.39, 0.29) is 12.2 Å². The zero-order valence-corrected chi connectivity index (χ0v) is 11.8. The van der Waals surface area contributed by atoms with E-state index in [9.17, 15) is 0 Å². The van der Waals surface area contributed by atoms with Gasteiger partial charge in [-0.15, -0.1) is 0 Å². The van der Waals surface area contributed by atoms with Crippen LogP contribution < -0.4 is 0 Å². The highest BCUT2D eigenvalue weighted by molar-refractivity contribution is 4.88. The molecule has 2 rings (SSSR count). The summed E-state index contributed by atoms with van der Waals surface area (Å²) >= 11 is 0. The Bertz CT molecular complexity index is 286. The summed E-state index contributed by atoms with van der Waals surface area (Å²) in [4.78, 5) is 0. The van der Waals surface area contributed by atoms with E-state index in [1.165, 1.54) is 0 Å². The van der Waals surface area contributed by atoms with Crippen LogP contribution in [0.2, 0.25) is 0 Å². The molecule has 0 aromatic heterocycles. The summed E-state index contributed by atoms with van der Waals surface area (Å²) in [5.41, 5.74) is 0. The number of rotatable bonds is 5. The molecule has 0 aromatic carbocycles. The maximum atomic E-state index is 8.90. The van der Waals surface area contributed by atoms with Crippen LogP contribution in [0.5, 0.6) is 0 Å². The number of nitrogens with zero attached hydrogens (tertiary/aromatic N) is 1. The molecule has 108 valence electrons. The highest BCUT2D eigenvalue weighted by Crippen LogP contribution is 2.33. The third kappa shape index (κ3) is 4.45. The third-order valence-electron chi connectivity index (χ3n) is 4.21. The molecule has 2 fully saturated rings. The summed E-state index contributed by atoms with van der Waals surface area (Å²) in [6.07, 6.45) is 5.10. The molecule has 0 aromatic rings. The van der Waals surface area contributed by atoms with Gasteiger partial charge in [-0.05, 0) is 39.0 Å². The lowest BCUT2D eigenvalue weighted by Crippen LogP contribution is -2.38. The smallest absolute Gasteiger partial charge is 0.160 e. The Morgan fingerprint density at radius 2 is 1.84 bits per heavy atom. The van der Waals surface area contributed by atoms with Crippen molar-refractivity contribution >= 4 is 0 Å². The number of nitriles is 1. The number of ether oxygens (including phenoxy) is 3. The molecule has 0 atom stereocenters. The van der Waals surface area contributed by atoms with Gasteiger partial charge in [0.2, 0.25) is 0 Å². The van der Waals surface area contributed by atoms with Crippen LogP contribution in [-0.4, -0.2) is 32.7 Å². The lowest BCUT2D eigenvalue weighted by atomic mass is 9.82. The van der Waals surface area contributed by atoms with Gasteiger partial charge >= 0.3 is 0 Å². The summed E-state index contributed by atoms with van der Waals surface area (Å²) < 4.78 is 17.1. The highest BCUT2D eigenvalue weighted by atomic mass is 16.7. The van der Waals surface area contributed by atoms with E-state index in [1.807, 2.05) is 6.92 Å². The van der Waals surface area contributed by atoms with E-state index in [0.29, 0.717) is 11.8 Å². The van der Waals surface area contributed by atoms with Gasteiger partial charge in [-0.3, -0.25) is 0 Å². The fourth-order valence-corrected chi connectivity index (χ4v) is 2.91. The van der Waals surface area contributed by atoms with Crippen LogP contribution >= 0.6 is 0 Å². The molecule has 1 aliphatic carbocycles. The Balaban J connectivity index is 1.65. The van der Waals surface area contributed by atoms with Gasteiger partial charge < -0.3 is 14.2 Å². The van der Waals surface area contributed by atoms with Crippen molar-refractivity contribution in [3.63, 3.8) is 0 Å². The SMILES string of the molecule is CCOCC[C@H]1CO[C@H]([C@H]2CC[C@H](C#N)CC2)OC1. The van der Waals surface area contributed by atoms with Crippen LogP contribution in [0.25, 0.3) is 0 Å². The zero-order valence-electron chi connectivity index (χ0n) is 11.8. The van der Waals surface area contributed by atoms with Crippen molar-refractivity contribution in [1.82, 2.24) is 0 Å². The highest BCUT2D eigenvalue weighted by Gasteiger charge is 2.32. The van der Waals surface area contributed by atoms with Gasteiger partial charge in [0, 0.05) is 31.0 Å². The fraction of sp³-hybridized carbons (Fsp3) is 0.933. The number of hydrogen-bond donors (Lipinski definition) is 0. The van der Waals surface area contributed by atoms with Gasteiger partial charge in [0.25, 0.3) is 0 Å². The second-order valence-corrected chi connectivity index (χ2v) is 5.63. The Labute approximate surface area is 116 Å². The fourth-order valence-electron chi connectivity index (χ4n) is 2.91. The van der Waals surface area contributed by atoms with Crippen LogP contribution in [0.3, 0.4) is 0 Å². The molecule has 1 aliphatic heterocycles. The average Bonchev–Trinajstić information content (AvgIpc) is 2.48. The first-order chi connectivity index (χ1) is 9.33. The average molecular weight is 267 g/mol. The quantitative estimate of drug-likeness (QED) is 0.719. The van der Waals surface area contributed by atoms with E-state index in [4.69, 9.17) is 19.5 Å². The standard InChI is InChI=1S/C15H25NO3/c1-2-17-8-7-13-10-18-15(19-11-13)14-5-3-12(9-16)4-6-14/h12-15H,2-8,10-11H2,1H3/t12-,13-,14-,15-. The van der Waals surface area contributed by atoms with Gasteiger partial charge in [0.05, 0.1) is 19.3 Å². The van der Waals surface area contributed by atoms with Crippen molar-refractivity contribution in [2.45, 2.75) is 45.3 Å². The minimum Gasteiger partial charge on any atom is -0.382 e. The molecule has 1 saturated carbocycles. The number of hydrogen-bond acceptors (Lipinski definition) is 4. The Hall–Kier alpha value is -0.630. The van der Waals surface area contributed by atoms with Crippen LogP contribution in [0.15, 0.2) is 0 Å². The molecule has 1 saturated heterocycles. The lowest BCUT2D eigenvalue weighted by molar-refractivity contribution is -0.230. The second kappa shape index (κ2) is 7.84. The summed E-state index contributed by atoms with van der Waals surface area (Å²) in [5, 5.41) is 8.90. The monoisotopic (exact) mass is 267 g/mol. The summed E-state index contributed by atoms with van der Waals surface area (Å²) in [6, 6.07) is 2.37. The van der Waals surface area contributed by atoms with E-state index in [0.717, 1.165) is 58.5 Å². The van der Waals surface area contributed by atoms with Crippen LogP contribution in [0, 0.1) is 29.1 Å². The molecule has 0 spiro atoms. The molecule has 0 radical (unpaired) electrons. The molecule has 4 heteroatoms. The summed E-state index contributed by atoms with van der Waals surface area (Å²) in [7, 11) is 0. The normalized spacial score (nSPS) is 35.8. The van der Waals surface area contributed by atoms with Crippen LogP contribution in [-0.2, 0) is 14.2 Å². The van der Waals surface area contributed by atoms with Crippen molar-refractivity contribution in [3.05, 3.63) is 0 Å². The maximum absolute atomic E-state index is 8.90. The predicted octanol–water partition coefficient (Wildman–Crippen LogP) is 2.73. The van der Waals surface area contributed by atoms with Gasteiger partial charge in [-0.1, -0.05) is 0 Å². The third-order valence-corrected chi connectivity index (χ3v) is 4.21. The Morgan fingerprint density at radius 1 is 1.16 bits per heavy atom. The largest absolute Gasteiger partial charge is 0.382 e. The van der Waals surface area contributed by atoms with Crippen molar-refractivity contribution in [1.29, 1.82) is 5.26 Å². The predicted molar refractivity (Wildman–Crippen MR) is 71.4 cm³/mol. The molecule has 19 heavy (non-hydrogen) atoms. The molecule has 2 aliphatic rings. The zero-order chi connectivity index (χ0) is 13.5. The van der Waals surface area contributed by atoms with Gasteiger partial charge in [0.1, 0.15) is 0 Å². The van der Waals surface area contributed by atoms with E-state index in [2.05, 4.69) is 6.07 Å². The summed E-state index contributed by atoms with van der Waals surface area (Å²) in [5.74, 6) is 1.20. The van der Waals surface area contributed by atoms with Gasteiger partial charge in [0.15, 0.2) is 6.29 Å². The first-order valence-electron chi connectivity index (χ1n) is 7.54. The molecule has 1 heterocycles. The molecular formula is C15H25NO3. The molecular weight excluding hydrogens is 242 g/mol.